The molecule has 0 fully saturated rings. The highest BCUT2D eigenvalue weighted by Gasteiger charge is 2.15. The van der Waals surface area contributed by atoms with E-state index >= 15 is 0 Å². The molecule has 3 nitrogen and oxygen atoms in total. The molecule has 2 unspecified atom stereocenters. The van der Waals surface area contributed by atoms with E-state index in [-0.39, 0.29) is 12.2 Å². The predicted octanol–water partition coefficient (Wildman–Crippen LogP) is 4.83. The van der Waals surface area contributed by atoms with Crippen LogP contribution in [0, 0.1) is 0 Å². The second kappa shape index (κ2) is 10.8. The normalized spacial score (nSPS) is 13.6. The maximum atomic E-state index is 6.21. The molecule has 0 N–H and O–H groups in total. The number of ether oxygens (including phenoxy) is 3. The first-order chi connectivity index (χ1) is 12.1. The lowest BCUT2D eigenvalue weighted by Gasteiger charge is -2.20. The van der Waals surface area contributed by atoms with Crippen molar-refractivity contribution in [3.63, 3.8) is 0 Å². The third-order valence-electron chi connectivity index (χ3n) is 4.08. The minimum Gasteiger partial charge on any atom is -0.379 e. The van der Waals surface area contributed by atoms with Crippen molar-refractivity contribution in [1.82, 2.24) is 0 Å². The Bertz CT molecular complexity index is 593. The topological polar surface area (TPSA) is 27.7 Å². The number of benzene rings is 2. The van der Waals surface area contributed by atoms with Gasteiger partial charge in [-0.2, -0.15) is 0 Å². The van der Waals surface area contributed by atoms with Crippen molar-refractivity contribution in [2.24, 2.45) is 0 Å². The van der Waals surface area contributed by atoms with E-state index in [1.54, 1.807) is 14.2 Å². The summed E-state index contributed by atoms with van der Waals surface area (Å²) in [6.45, 7) is 0.953. The minimum absolute atomic E-state index is 0.0577. The van der Waals surface area contributed by atoms with E-state index in [4.69, 9.17) is 37.4 Å². The van der Waals surface area contributed by atoms with Crippen LogP contribution in [0.5, 0.6) is 0 Å². The highest BCUT2D eigenvalue weighted by molar-refractivity contribution is 6.31. The first-order valence-electron chi connectivity index (χ1n) is 8.24. The zero-order chi connectivity index (χ0) is 18.1. The fourth-order valence-electron chi connectivity index (χ4n) is 2.57. The second-order valence-corrected chi connectivity index (χ2v) is 6.66. The van der Waals surface area contributed by atoms with Crippen molar-refractivity contribution in [2.75, 3.05) is 27.4 Å². The van der Waals surface area contributed by atoms with Crippen LogP contribution in [-0.2, 0) is 27.1 Å². The molecule has 0 heterocycles. The van der Waals surface area contributed by atoms with Gasteiger partial charge in [-0.1, -0.05) is 59.6 Å². The zero-order valence-electron chi connectivity index (χ0n) is 14.6. The number of rotatable bonds is 10. The van der Waals surface area contributed by atoms with Crippen LogP contribution in [0.2, 0.25) is 10.0 Å². The first kappa shape index (κ1) is 20.2. The summed E-state index contributed by atoms with van der Waals surface area (Å²) in [6, 6.07) is 15.6. The number of methoxy groups -OCH3 is 2. The average Bonchev–Trinajstić information content (AvgIpc) is 2.63. The third-order valence-corrected chi connectivity index (χ3v) is 4.82. The monoisotopic (exact) mass is 382 g/mol. The molecule has 0 aliphatic heterocycles. The quantitative estimate of drug-likeness (QED) is 0.589. The van der Waals surface area contributed by atoms with E-state index in [0.717, 1.165) is 21.2 Å². The van der Waals surface area contributed by atoms with E-state index in [9.17, 15) is 0 Å². The van der Waals surface area contributed by atoms with E-state index in [1.807, 2.05) is 48.5 Å². The lowest BCUT2D eigenvalue weighted by Crippen LogP contribution is -2.27. The van der Waals surface area contributed by atoms with Gasteiger partial charge in [0.05, 0.1) is 25.4 Å². The fourth-order valence-corrected chi connectivity index (χ4v) is 3.00. The number of hydrogen-bond donors (Lipinski definition) is 0. The van der Waals surface area contributed by atoms with Crippen LogP contribution >= 0.6 is 23.2 Å². The SMILES string of the molecule is COC(COCC(Cc1ccccc1Cl)OC)Cc1ccccc1Cl. The summed E-state index contributed by atoms with van der Waals surface area (Å²) in [6.07, 6.45) is 1.30. The van der Waals surface area contributed by atoms with Crippen LogP contribution in [-0.4, -0.2) is 39.6 Å². The van der Waals surface area contributed by atoms with Crippen LogP contribution < -0.4 is 0 Å². The van der Waals surface area contributed by atoms with Crippen molar-refractivity contribution < 1.29 is 14.2 Å². The molecule has 0 amide bonds. The summed E-state index contributed by atoms with van der Waals surface area (Å²) in [5.41, 5.74) is 2.11. The van der Waals surface area contributed by atoms with Gasteiger partial charge in [-0.15, -0.1) is 0 Å². The van der Waals surface area contributed by atoms with Crippen molar-refractivity contribution in [2.45, 2.75) is 25.0 Å². The van der Waals surface area contributed by atoms with Crippen molar-refractivity contribution in [1.29, 1.82) is 0 Å². The molecule has 0 spiro atoms. The Balaban J connectivity index is 1.82. The summed E-state index contributed by atoms with van der Waals surface area (Å²) in [5.74, 6) is 0. The summed E-state index contributed by atoms with van der Waals surface area (Å²) in [4.78, 5) is 0. The molecule has 0 saturated heterocycles. The van der Waals surface area contributed by atoms with Gasteiger partial charge in [0.1, 0.15) is 0 Å². The van der Waals surface area contributed by atoms with Gasteiger partial charge in [0, 0.05) is 37.1 Å². The van der Waals surface area contributed by atoms with E-state index in [0.29, 0.717) is 26.1 Å². The average molecular weight is 383 g/mol. The summed E-state index contributed by atoms with van der Waals surface area (Å²) < 4.78 is 16.9. The van der Waals surface area contributed by atoms with Crippen LogP contribution in [0.25, 0.3) is 0 Å². The molecule has 0 aliphatic carbocycles. The Labute approximate surface area is 159 Å². The van der Waals surface area contributed by atoms with Gasteiger partial charge in [0.25, 0.3) is 0 Å². The second-order valence-electron chi connectivity index (χ2n) is 5.84. The molecule has 2 aromatic carbocycles. The maximum Gasteiger partial charge on any atom is 0.0845 e. The van der Waals surface area contributed by atoms with Gasteiger partial charge in [-0.3, -0.25) is 0 Å². The lowest BCUT2D eigenvalue weighted by atomic mass is 10.1. The highest BCUT2D eigenvalue weighted by Crippen LogP contribution is 2.19. The molecular formula is C20H24Cl2O3. The Hall–Kier alpha value is -1.10. The molecule has 2 rings (SSSR count). The standard InChI is InChI=1S/C20H24Cl2O3/c1-23-17(11-15-7-3-5-9-19(15)21)13-25-14-18(24-2)12-16-8-4-6-10-20(16)22/h3-10,17-18H,11-14H2,1-2H3. The smallest absolute Gasteiger partial charge is 0.0845 e. The largest absolute Gasteiger partial charge is 0.379 e. The summed E-state index contributed by atoms with van der Waals surface area (Å²) in [7, 11) is 3.37. The van der Waals surface area contributed by atoms with Gasteiger partial charge in [-0.25, -0.2) is 0 Å². The van der Waals surface area contributed by atoms with Gasteiger partial charge < -0.3 is 14.2 Å². The van der Waals surface area contributed by atoms with Crippen LogP contribution in [0.3, 0.4) is 0 Å². The Kier molecular flexibility index (Phi) is 8.73. The van der Waals surface area contributed by atoms with E-state index in [2.05, 4.69) is 0 Å². The van der Waals surface area contributed by atoms with Crippen LogP contribution in [0.1, 0.15) is 11.1 Å². The number of hydrogen-bond acceptors (Lipinski definition) is 3. The fraction of sp³-hybridized carbons (Fsp3) is 0.400. The Morgan fingerprint density at radius 1 is 0.720 bits per heavy atom. The Morgan fingerprint density at radius 2 is 1.12 bits per heavy atom. The molecule has 136 valence electrons. The molecule has 0 saturated carbocycles. The Morgan fingerprint density at radius 3 is 1.48 bits per heavy atom. The van der Waals surface area contributed by atoms with Crippen molar-refractivity contribution in [3.05, 3.63) is 69.7 Å². The molecular weight excluding hydrogens is 359 g/mol. The van der Waals surface area contributed by atoms with Crippen LogP contribution in [0.4, 0.5) is 0 Å². The third kappa shape index (κ3) is 6.61. The van der Waals surface area contributed by atoms with Crippen molar-refractivity contribution in [3.8, 4) is 0 Å². The molecule has 2 aromatic rings. The zero-order valence-corrected chi connectivity index (χ0v) is 16.1. The van der Waals surface area contributed by atoms with Crippen molar-refractivity contribution >= 4 is 23.2 Å². The lowest BCUT2D eigenvalue weighted by molar-refractivity contribution is -0.0340. The van der Waals surface area contributed by atoms with Gasteiger partial charge >= 0.3 is 0 Å². The summed E-state index contributed by atoms with van der Waals surface area (Å²) in [5, 5.41) is 1.50. The van der Waals surface area contributed by atoms with Gasteiger partial charge in [0.15, 0.2) is 0 Å². The molecule has 0 bridgehead atoms. The first-order valence-corrected chi connectivity index (χ1v) is 8.99. The highest BCUT2D eigenvalue weighted by atomic mass is 35.5. The predicted molar refractivity (Wildman–Crippen MR) is 103 cm³/mol. The molecule has 25 heavy (non-hydrogen) atoms. The van der Waals surface area contributed by atoms with E-state index in [1.165, 1.54) is 0 Å². The molecule has 0 aliphatic rings. The van der Waals surface area contributed by atoms with Gasteiger partial charge in [-0.05, 0) is 23.3 Å². The molecule has 0 radical (unpaired) electrons. The summed E-state index contributed by atoms with van der Waals surface area (Å²) >= 11 is 12.4. The van der Waals surface area contributed by atoms with Crippen LogP contribution in [0.15, 0.2) is 48.5 Å². The number of halogens is 2. The molecule has 2 atom stereocenters. The minimum atomic E-state index is -0.0577. The van der Waals surface area contributed by atoms with E-state index < -0.39 is 0 Å². The van der Waals surface area contributed by atoms with Gasteiger partial charge in [0.2, 0.25) is 0 Å². The maximum absolute atomic E-state index is 6.21. The molecule has 0 aromatic heterocycles. The molecule has 5 heteroatoms.